The Morgan fingerprint density at radius 2 is 1.71 bits per heavy atom. The standard InChI is InChI=1S/C17H22N2O2/c1-6-15-16(11-12(1)7-9-20-13-2-3-13)19-17(18-15)8-10-21-14-4-5-14/h1,6,11,13-14H,2-5,7-10H2,(H,18,19). The maximum atomic E-state index is 5.71. The number of aromatic amines is 1. The van der Waals surface area contributed by atoms with Gasteiger partial charge in [0.05, 0.1) is 36.5 Å². The quantitative estimate of drug-likeness (QED) is 0.811. The monoisotopic (exact) mass is 286 g/mol. The van der Waals surface area contributed by atoms with Crippen molar-refractivity contribution in [3.63, 3.8) is 0 Å². The molecule has 21 heavy (non-hydrogen) atoms. The highest BCUT2D eigenvalue weighted by Crippen LogP contribution is 2.24. The molecule has 2 aliphatic rings. The predicted octanol–water partition coefficient (Wildman–Crippen LogP) is 3.01. The van der Waals surface area contributed by atoms with Crippen LogP contribution in [-0.2, 0) is 22.3 Å². The van der Waals surface area contributed by atoms with Gasteiger partial charge in [-0.15, -0.1) is 0 Å². The first-order chi connectivity index (χ1) is 10.4. The van der Waals surface area contributed by atoms with Gasteiger partial charge in [-0.1, -0.05) is 6.07 Å². The molecule has 0 bridgehead atoms. The topological polar surface area (TPSA) is 47.1 Å². The number of rotatable bonds is 8. The highest BCUT2D eigenvalue weighted by atomic mass is 16.5. The Hall–Kier alpha value is -1.39. The lowest BCUT2D eigenvalue weighted by Gasteiger charge is -2.02. The molecule has 1 heterocycles. The molecule has 0 atom stereocenters. The van der Waals surface area contributed by atoms with E-state index in [1.807, 2.05) is 0 Å². The molecule has 0 aliphatic heterocycles. The van der Waals surface area contributed by atoms with Gasteiger partial charge in [-0.25, -0.2) is 4.98 Å². The molecular weight excluding hydrogens is 264 g/mol. The number of imidazole rings is 1. The summed E-state index contributed by atoms with van der Waals surface area (Å²) in [5, 5.41) is 0. The Morgan fingerprint density at radius 3 is 2.43 bits per heavy atom. The van der Waals surface area contributed by atoms with Gasteiger partial charge in [0.1, 0.15) is 5.82 Å². The first kappa shape index (κ1) is 13.3. The molecule has 4 rings (SSSR count). The number of hydrogen-bond donors (Lipinski definition) is 1. The Kier molecular flexibility index (Phi) is 3.65. The Bertz CT molecular complexity index is 598. The first-order valence-corrected chi connectivity index (χ1v) is 8.07. The van der Waals surface area contributed by atoms with E-state index in [4.69, 9.17) is 9.47 Å². The van der Waals surface area contributed by atoms with Crippen molar-refractivity contribution in [3.05, 3.63) is 29.6 Å². The van der Waals surface area contributed by atoms with E-state index in [0.29, 0.717) is 12.2 Å². The average molecular weight is 286 g/mol. The van der Waals surface area contributed by atoms with Crippen LogP contribution in [0, 0.1) is 0 Å². The lowest BCUT2D eigenvalue weighted by Crippen LogP contribution is -2.01. The summed E-state index contributed by atoms with van der Waals surface area (Å²) in [4.78, 5) is 8.03. The predicted molar refractivity (Wildman–Crippen MR) is 81.4 cm³/mol. The van der Waals surface area contributed by atoms with E-state index in [-0.39, 0.29) is 0 Å². The fraction of sp³-hybridized carbons (Fsp3) is 0.588. The Balaban J connectivity index is 1.35. The van der Waals surface area contributed by atoms with Crippen molar-refractivity contribution in [3.8, 4) is 0 Å². The van der Waals surface area contributed by atoms with Crippen molar-refractivity contribution >= 4 is 11.0 Å². The van der Waals surface area contributed by atoms with Crippen LogP contribution in [0.15, 0.2) is 18.2 Å². The van der Waals surface area contributed by atoms with Crippen LogP contribution in [0.3, 0.4) is 0 Å². The molecule has 0 unspecified atom stereocenters. The third-order valence-corrected chi connectivity index (χ3v) is 4.08. The van der Waals surface area contributed by atoms with Gasteiger partial charge < -0.3 is 14.5 Å². The molecular formula is C17H22N2O2. The number of nitrogens with one attached hydrogen (secondary N) is 1. The van der Waals surface area contributed by atoms with Gasteiger partial charge in [0, 0.05) is 6.42 Å². The smallest absolute Gasteiger partial charge is 0.109 e. The lowest BCUT2D eigenvalue weighted by atomic mass is 10.1. The second kappa shape index (κ2) is 5.78. The minimum Gasteiger partial charge on any atom is -0.378 e. The molecule has 0 saturated heterocycles. The molecule has 0 spiro atoms. The van der Waals surface area contributed by atoms with Gasteiger partial charge in [-0.05, 0) is 49.8 Å². The SMILES string of the molecule is c1cc2nc(CCOC3CC3)[nH]c2cc1CCOC1CC1. The number of nitrogens with zero attached hydrogens (tertiary/aromatic N) is 1. The summed E-state index contributed by atoms with van der Waals surface area (Å²) in [5.74, 6) is 1.03. The number of H-pyrrole nitrogens is 1. The molecule has 112 valence electrons. The second-order valence-corrected chi connectivity index (χ2v) is 6.18. The minimum atomic E-state index is 0.521. The van der Waals surface area contributed by atoms with E-state index in [2.05, 4.69) is 28.2 Å². The Morgan fingerprint density at radius 1 is 1.00 bits per heavy atom. The van der Waals surface area contributed by atoms with Crippen molar-refractivity contribution in [1.82, 2.24) is 9.97 Å². The van der Waals surface area contributed by atoms with Gasteiger partial charge in [0.15, 0.2) is 0 Å². The maximum absolute atomic E-state index is 5.71. The van der Waals surface area contributed by atoms with Crippen molar-refractivity contribution < 1.29 is 9.47 Å². The summed E-state index contributed by atoms with van der Waals surface area (Å²) in [6, 6.07) is 6.46. The molecule has 2 saturated carbocycles. The van der Waals surface area contributed by atoms with E-state index in [0.717, 1.165) is 42.9 Å². The van der Waals surface area contributed by atoms with Crippen LogP contribution < -0.4 is 0 Å². The van der Waals surface area contributed by atoms with Crippen molar-refractivity contribution in [2.24, 2.45) is 0 Å². The van der Waals surface area contributed by atoms with Gasteiger partial charge in [-0.2, -0.15) is 0 Å². The van der Waals surface area contributed by atoms with E-state index in [1.54, 1.807) is 0 Å². The lowest BCUT2D eigenvalue weighted by molar-refractivity contribution is 0.121. The zero-order valence-electron chi connectivity index (χ0n) is 12.3. The van der Waals surface area contributed by atoms with Crippen molar-refractivity contribution in [1.29, 1.82) is 0 Å². The average Bonchev–Trinajstić information content (AvgIpc) is 3.38. The fourth-order valence-electron chi connectivity index (χ4n) is 2.52. The highest BCUT2D eigenvalue weighted by Gasteiger charge is 2.22. The summed E-state index contributed by atoms with van der Waals surface area (Å²) in [6.45, 7) is 1.60. The molecule has 0 amide bonds. The second-order valence-electron chi connectivity index (χ2n) is 6.18. The van der Waals surface area contributed by atoms with Crippen molar-refractivity contribution in [2.75, 3.05) is 13.2 Å². The molecule has 1 aromatic carbocycles. The van der Waals surface area contributed by atoms with Crippen LogP contribution in [0.2, 0.25) is 0 Å². The number of fused-ring (bicyclic) bond motifs is 1. The first-order valence-electron chi connectivity index (χ1n) is 8.07. The minimum absolute atomic E-state index is 0.521. The third-order valence-electron chi connectivity index (χ3n) is 4.08. The van der Waals surface area contributed by atoms with Crippen molar-refractivity contribution in [2.45, 2.75) is 50.7 Å². The molecule has 2 fully saturated rings. The van der Waals surface area contributed by atoms with Crippen LogP contribution in [0.1, 0.15) is 37.1 Å². The highest BCUT2D eigenvalue weighted by molar-refractivity contribution is 5.75. The summed E-state index contributed by atoms with van der Waals surface area (Å²) in [5.41, 5.74) is 3.48. The van der Waals surface area contributed by atoms with Crippen LogP contribution in [-0.4, -0.2) is 35.4 Å². The summed E-state index contributed by atoms with van der Waals surface area (Å²) < 4.78 is 11.4. The number of benzene rings is 1. The van der Waals surface area contributed by atoms with E-state index < -0.39 is 0 Å². The number of ether oxygens (including phenoxy) is 2. The molecule has 0 radical (unpaired) electrons. The van der Waals surface area contributed by atoms with Gasteiger partial charge >= 0.3 is 0 Å². The van der Waals surface area contributed by atoms with Gasteiger partial charge in [0.2, 0.25) is 0 Å². The molecule has 2 aliphatic carbocycles. The fourth-order valence-corrected chi connectivity index (χ4v) is 2.52. The zero-order chi connectivity index (χ0) is 14.1. The molecule has 1 N–H and O–H groups in total. The molecule has 4 heteroatoms. The summed E-state index contributed by atoms with van der Waals surface area (Å²) in [7, 11) is 0. The summed E-state index contributed by atoms with van der Waals surface area (Å²) >= 11 is 0. The van der Waals surface area contributed by atoms with Crippen LogP contribution in [0.25, 0.3) is 11.0 Å². The molecule has 4 nitrogen and oxygen atoms in total. The largest absolute Gasteiger partial charge is 0.378 e. The van der Waals surface area contributed by atoms with E-state index >= 15 is 0 Å². The van der Waals surface area contributed by atoms with E-state index in [1.165, 1.54) is 31.2 Å². The number of hydrogen-bond acceptors (Lipinski definition) is 3. The van der Waals surface area contributed by atoms with Gasteiger partial charge in [0.25, 0.3) is 0 Å². The van der Waals surface area contributed by atoms with Crippen LogP contribution in [0.4, 0.5) is 0 Å². The molecule has 2 aromatic rings. The van der Waals surface area contributed by atoms with Gasteiger partial charge in [-0.3, -0.25) is 0 Å². The maximum Gasteiger partial charge on any atom is 0.109 e. The Labute approximate surface area is 124 Å². The number of aromatic nitrogens is 2. The third kappa shape index (κ3) is 3.63. The van der Waals surface area contributed by atoms with Crippen LogP contribution >= 0.6 is 0 Å². The zero-order valence-corrected chi connectivity index (χ0v) is 12.3. The normalized spacial score (nSPS) is 18.5. The van der Waals surface area contributed by atoms with Crippen LogP contribution in [0.5, 0.6) is 0 Å². The summed E-state index contributed by atoms with van der Waals surface area (Å²) in [6.07, 6.45) is 7.85. The van der Waals surface area contributed by atoms with E-state index in [9.17, 15) is 0 Å². The molecule has 1 aromatic heterocycles.